The number of imide groups is 1. The number of anilines is 2. The summed E-state index contributed by atoms with van der Waals surface area (Å²) in [6, 6.07) is 24.7. The molecule has 1 aromatic heterocycles. The molecule has 1 fully saturated rings. The zero-order chi connectivity index (χ0) is 35.1. The van der Waals surface area contributed by atoms with Gasteiger partial charge >= 0.3 is 10.8 Å². The summed E-state index contributed by atoms with van der Waals surface area (Å²) in [5, 5.41) is 4.43. The van der Waals surface area contributed by atoms with Crippen molar-refractivity contribution in [1.29, 1.82) is 0 Å². The van der Waals surface area contributed by atoms with Crippen LogP contribution in [0.5, 0.6) is 11.5 Å². The number of fused-ring (bicyclic) bond motifs is 3. The van der Waals surface area contributed by atoms with Crippen molar-refractivity contribution < 1.29 is 33.4 Å². The van der Waals surface area contributed by atoms with Crippen molar-refractivity contribution in [3.63, 3.8) is 0 Å². The second kappa shape index (κ2) is 13.5. The first-order valence-electron chi connectivity index (χ1n) is 15.8. The van der Waals surface area contributed by atoms with Gasteiger partial charge in [0, 0.05) is 16.5 Å². The van der Waals surface area contributed by atoms with Gasteiger partial charge in [-0.25, -0.2) is 9.69 Å². The van der Waals surface area contributed by atoms with E-state index in [9.17, 15) is 24.0 Å². The Hall–Kier alpha value is -5.40. The standard InChI is InChI=1S/C37H31N3O8S2/c1-4-48-36(44)21-10-14-25(15-11-21)40-33(42)30-29(23-12-16-26(46-2)27(18-23)47-3)32-35(49-31(30)34(40)43)39(37(45)50-32)19-28(41)38-24-13-9-20-7-5-6-8-22(20)17-24/h5-18,29-31H,4,19H2,1-3H3,(H,38,41)/t29-,30?,31?/m1/s1. The first-order valence-corrected chi connectivity index (χ1v) is 17.5. The molecule has 0 radical (unpaired) electrons. The summed E-state index contributed by atoms with van der Waals surface area (Å²) in [4.78, 5) is 69.0. The van der Waals surface area contributed by atoms with E-state index in [1.807, 2.05) is 36.4 Å². The van der Waals surface area contributed by atoms with Crippen LogP contribution in [0, 0.1) is 5.92 Å². The van der Waals surface area contributed by atoms with Crippen LogP contribution in [-0.2, 0) is 25.7 Å². The van der Waals surface area contributed by atoms with Gasteiger partial charge in [0.2, 0.25) is 17.7 Å². The third-order valence-corrected chi connectivity index (χ3v) is 11.4. The number of nitrogens with zero attached hydrogens (tertiary/aromatic N) is 2. The van der Waals surface area contributed by atoms with E-state index in [2.05, 4.69) is 5.32 Å². The second-order valence-electron chi connectivity index (χ2n) is 11.7. The van der Waals surface area contributed by atoms with Crippen LogP contribution in [-0.4, -0.2) is 54.3 Å². The van der Waals surface area contributed by atoms with Gasteiger partial charge in [0.15, 0.2) is 11.5 Å². The number of thioether (sulfide) groups is 1. The summed E-state index contributed by atoms with van der Waals surface area (Å²) in [6.07, 6.45) is 0. The number of hydrogen-bond acceptors (Lipinski definition) is 10. The van der Waals surface area contributed by atoms with Gasteiger partial charge in [0.1, 0.15) is 11.8 Å². The Morgan fingerprint density at radius 3 is 2.30 bits per heavy atom. The van der Waals surface area contributed by atoms with Crippen molar-refractivity contribution in [3.05, 3.63) is 111 Å². The average molecular weight is 710 g/mol. The normalized spacial score (nSPS) is 18.1. The van der Waals surface area contributed by atoms with Crippen LogP contribution in [0.3, 0.4) is 0 Å². The number of nitrogens with one attached hydrogen (secondary N) is 1. The highest BCUT2D eigenvalue weighted by Crippen LogP contribution is 2.54. The fourth-order valence-electron chi connectivity index (χ4n) is 6.49. The molecule has 0 saturated carbocycles. The van der Waals surface area contributed by atoms with Crippen LogP contribution in [0.25, 0.3) is 10.8 Å². The van der Waals surface area contributed by atoms with E-state index in [0.29, 0.717) is 38.3 Å². The molecule has 0 bridgehead atoms. The molecule has 11 nitrogen and oxygen atoms in total. The first kappa shape index (κ1) is 33.1. The van der Waals surface area contributed by atoms with Crippen LogP contribution >= 0.6 is 23.1 Å². The second-order valence-corrected chi connectivity index (χ2v) is 13.8. The lowest BCUT2D eigenvalue weighted by Crippen LogP contribution is -2.33. The maximum absolute atomic E-state index is 14.3. The van der Waals surface area contributed by atoms with E-state index in [1.54, 1.807) is 31.2 Å². The molecule has 3 atom stereocenters. The summed E-state index contributed by atoms with van der Waals surface area (Å²) < 4.78 is 17.5. The number of hydrogen-bond donors (Lipinski definition) is 1. The molecule has 2 aliphatic rings. The summed E-state index contributed by atoms with van der Waals surface area (Å²) in [5.41, 5.74) is 1.83. The number of ether oxygens (including phenoxy) is 3. The Balaban J connectivity index is 1.26. The number of amides is 3. The van der Waals surface area contributed by atoms with Gasteiger partial charge in [0.25, 0.3) is 0 Å². The molecule has 254 valence electrons. The van der Waals surface area contributed by atoms with Crippen molar-refractivity contribution in [3.8, 4) is 11.5 Å². The summed E-state index contributed by atoms with van der Waals surface area (Å²) in [6.45, 7) is 1.63. The number of rotatable bonds is 9. The van der Waals surface area contributed by atoms with Crippen molar-refractivity contribution in [2.75, 3.05) is 31.0 Å². The van der Waals surface area contributed by atoms with E-state index in [-0.39, 0.29) is 23.6 Å². The molecule has 7 rings (SSSR count). The molecule has 3 amide bonds. The number of esters is 1. The van der Waals surface area contributed by atoms with Gasteiger partial charge in [-0.3, -0.25) is 23.7 Å². The van der Waals surface area contributed by atoms with Crippen LogP contribution in [0.15, 0.2) is 94.7 Å². The van der Waals surface area contributed by atoms with E-state index < -0.39 is 40.8 Å². The van der Waals surface area contributed by atoms with Gasteiger partial charge < -0.3 is 19.5 Å². The minimum atomic E-state index is -0.901. The molecule has 4 aromatic carbocycles. The molecule has 2 aliphatic heterocycles. The van der Waals surface area contributed by atoms with Gasteiger partial charge in [-0.1, -0.05) is 59.5 Å². The predicted octanol–water partition coefficient (Wildman–Crippen LogP) is 5.69. The zero-order valence-electron chi connectivity index (χ0n) is 27.2. The Morgan fingerprint density at radius 2 is 1.58 bits per heavy atom. The van der Waals surface area contributed by atoms with Crippen LogP contribution in [0.4, 0.5) is 11.4 Å². The minimum absolute atomic E-state index is 0.210. The summed E-state index contributed by atoms with van der Waals surface area (Å²) in [7, 11) is 3.02. The Morgan fingerprint density at radius 1 is 0.840 bits per heavy atom. The number of methoxy groups -OCH3 is 2. The summed E-state index contributed by atoms with van der Waals surface area (Å²) in [5.74, 6) is -2.51. The molecule has 13 heteroatoms. The van der Waals surface area contributed by atoms with Crippen molar-refractivity contribution >= 4 is 68.9 Å². The van der Waals surface area contributed by atoms with E-state index in [0.717, 1.165) is 38.8 Å². The SMILES string of the molecule is CCOC(=O)c1ccc(N2C(=O)C3Sc4c(sc(=O)n4CC(=O)Nc4ccc5ccccc5c4)[C@H](c4ccc(OC)c(OC)c4)C3C2=O)cc1. The highest BCUT2D eigenvalue weighted by atomic mass is 32.2. The fourth-order valence-corrected chi connectivity index (χ4v) is 9.26. The monoisotopic (exact) mass is 709 g/mol. The van der Waals surface area contributed by atoms with E-state index >= 15 is 0 Å². The third kappa shape index (κ3) is 5.81. The fraction of sp³-hybridized carbons (Fsp3) is 0.216. The Kier molecular flexibility index (Phi) is 8.93. The number of benzene rings is 4. The highest BCUT2D eigenvalue weighted by Gasteiger charge is 2.57. The molecule has 1 N–H and O–H groups in total. The third-order valence-electron chi connectivity index (χ3n) is 8.79. The number of carbonyl (C=O) groups is 4. The van der Waals surface area contributed by atoms with Crippen LogP contribution in [0.2, 0.25) is 0 Å². The molecular weight excluding hydrogens is 679 g/mol. The lowest BCUT2D eigenvalue weighted by atomic mass is 9.83. The maximum Gasteiger partial charge on any atom is 0.338 e. The molecular formula is C37H31N3O8S2. The minimum Gasteiger partial charge on any atom is -0.493 e. The smallest absolute Gasteiger partial charge is 0.338 e. The molecule has 3 heterocycles. The lowest BCUT2D eigenvalue weighted by Gasteiger charge is -2.31. The highest BCUT2D eigenvalue weighted by molar-refractivity contribution is 8.00. The topological polar surface area (TPSA) is 133 Å². The molecule has 5 aromatic rings. The zero-order valence-corrected chi connectivity index (χ0v) is 28.8. The number of thiazole rings is 1. The number of aromatic nitrogens is 1. The quantitative estimate of drug-likeness (QED) is 0.151. The van der Waals surface area contributed by atoms with Crippen molar-refractivity contribution in [2.45, 2.75) is 29.7 Å². The van der Waals surface area contributed by atoms with Gasteiger partial charge in [-0.05, 0) is 71.8 Å². The molecule has 1 saturated heterocycles. The van der Waals surface area contributed by atoms with E-state index in [1.165, 1.54) is 43.1 Å². The Bertz CT molecular complexity index is 2230. The van der Waals surface area contributed by atoms with Crippen molar-refractivity contribution in [1.82, 2.24) is 4.57 Å². The lowest BCUT2D eigenvalue weighted by molar-refractivity contribution is -0.122. The first-order chi connectivity index (χ1) is 24.2. The van der Waals surface area contributed by atoms with Gasteiger partial charge in [0.05, 0.1) is 43.0 Å². The van der Waals surface area contributed by atoms with Crippen LogP contribution in [0.1, 0.15) is 33.6 Å². The van der Waals surface area contributed by atoms with E-state index in [4.69, 9.17) is 14.2 Å². The average Bonchev–Trinajstić information content (AvgIpc) is 3.57. The molecule has 2 unspecified atom stereocenters. The predicted molar refractivity (Wildman–Crippen MR) is 191 cm³/mol. The maximum atomic E-state index is 14.3. The number of carbonyl (C=O) groups excluding carboxylic acids is 4. The van der Waals surface area contributed by atoms with Crippen LogP contribution < -0.4 is 24.6 Å². The summed E-state index contributed by atoms with van der Waals surface area (Å²) >= 11 is 2.07. The largest absolute Gasteiger partial charge is 0.493 e. The van der Waals surface area contributed by atoms with Gasteiger partial charge in [-0.15, -0.1) is 0 Å². The Labute approximate surface area is 294 Å². The molecule has 0 aliphatic carbocycles. The molecule has 50 heavy (non-hydrogen) atoms. The van der Waals surface area contributed by atoms with Crippen molar-refractivity contribution in [2.24, 2.45) is 5.92 Å². The molecule has 0 spiro atoms. The van der Waals surface area contributed by atoms with Gasteiger partial charge in [-0.2, -0.15) is 0 Å².